The van der Waals surface area contributed by atoms with Gasteiger partial charge in [-0.15, -0.1) is 0 Å². The molecule has 1 aromatic rings. The van der Waals surface area contributed by atoms with Gasteiger partial charge in [0.2, 0.25) is 0 Å². The Morgan fingerprint density at radius 2 is 1.94 bits per heavy atom. The summed E-state index contributed by atoms with van der Waals surface area (Å²) in [5, 5.41) is 3.42. The van der Waals surface area contributed by atoms with Crippen molar-refractivity contribution < 1.29 is 9.47 Å². The Labute approximate surface area is 108 Å². The Hall–Kier alpha value is -1.22. The summed E-state index contributed by atoms with van der Waals surface area (Å²) >= 11 is 0. The molecule has 1 aromatic carbocycles. The van der Waals surface area contributed by atoms with Crippen LogP contribution >= 0.6 is 0 Å². The number of piperidine rings is 1. The van der Waals surface area contributed by atoms with Crippen LogP contribution in [0, 0.1) is 12.8 Å². The Morgan fingerprint density at radius 1 is 1.17 bits per heavy atom. The van der Waals surface area contributed by atoms with Gasteiger partial charge in [0.25, 0.3) is 0 Å². The maximum absolute atomic E-state index is 5.75. The smallest absolute Gasteiger partial charge is 0.164 e. The quantitative estimate of drug-likeness (QED) is 0.870. The van der Waals surface area contributed by atoms with Crippen molar-refractivity contribution >= 4 is 0 Å². The second-order valence-corrected chi connectivity index (χ2v) is 5.27. The summed E-state index contributed by atoms with van der Waals surface area (Å²) in [6.07, 6.45) is 3.74. The van der Waals surface area contributed by atoms with E-state index in [-0.39, 0.29) is 0 Å². The van der Waals surface area contributed by atoms with Crippen molar-refractivity contribution in [3.05, 3.63) is 23.3 Å². The van der Waals surface area contributed by atoms with E-state index in [1.54, 1.807) is 0 Å². The monoisotopic (exact) mass is 247 g/mol. The fourth-order valence-corrected chi connectivity index (χ4v) is 2.91. The average Bonchev–Trinajstić information content (AvgIpc) is 2.43. The molecule has 98 valence electrons. The molecule has 0 atom stereocenters. The minimum Gasteiger partial charge on any atom is -0.486 e. The van der Waals surface area contributed by atoms with Gasteiger partial charge in [0.05, 0.1) is 0 Å². The van der Waals surface area contributed by atoms with Gasteiger partial charge in [-0.25, -0.2) is 0 Å². The molecule has 3 rings (SSSR count). The number of fused-ring (bicyclic) bond motifs is 1. The lowest BCUT2D eigenvalue weighted by Crippen LogP contribution is -2.28. The molecule has 0 amide bonds. The molecule has 0 aliphatic carbocycles. The normalized spacial score (nSPS) is 19.8. The summed E-state index contributed by atoms with van der Waals surface area (Å²) in [6.45, 7) is 5.82. The number of benzene rings is 1. The first-order valence-corrected chi connectivity index (χ1v) is 6.93. The summed E-state index contributed by atoms with van der Waals surface area (Å²) in [5.74, 6) is 2.69. The van der Waals surface area contributed by atoms with Crippen LogP contribution in [0.4, 0.5) is 0 Å². The molecule has 18 heavy (non-hydrogen) atoms. The molecule has 2 aliphatic rings. The molecule has 2 aliphatic heterocycles. The Bertz CT molecular complexity index is 425. The molecule has 1 N–H and O–H groups in total. The van der Waals surface area contributed by atoms with Crippen molar-refractivity contribution in [2.24, 2.45) is 5.92 Å². The predicted octanol–water partition coefficient (Wildman–Crippen LogP) is 2.31. The van der Waals surface area contributed by atoms with Crippen LogP contribution in [0.15, 0.2) is 12.1 Å². The molecule has 0 saturated carbocycles. The lowest BCUT2D eigenvalue weighted by molar-refractivity contribution is 0.170. The highest BCUT2D eigenvalue weighted by Crippen LogP contribution is 2.36. The van der Waals surface area contributed by atoms with Crippen LogP contribution in [0.25, 0.3) is 0 Å². The van der Waals surface area contributed by atoms with Gasteiger partial charge in [0, 0.05) is 0 Å². The van der Waals surface area contributed by atoms with E-state index >= 15 is 0 Å². The third-order valence-electron chi connectivity index (χ3n) is 4.04. The van der Waals surface area contributed by atoms with Crippen LogP contribution in [0.2, 0.25) is 0 Å². The molecule has 0 radical (unpaired) electrons. The Balaban J connectivity index is 1.79. The summed E-state index contributed by atoms with van der Waals surface area (Å²) in [6, 6.07) is 4.28. The molecular formula is C15H21NO2. The van der Waals surface area contributed by atoms with E-state index in [0.717, 1.165) is 30.5 Å². The highest BCUT2D eigenvalue weighted by Gasteiger charge is 2.19. The minimum atomic E-state index is 0.667. The third-order valence-corrected chi connectivity index (χ3v) is 4.04. The third kappa shape index (κ3) is 2.32. The first-order chi connectivity index (χ1) is 8.84. The molecule has 3 heteroatoms. The summed E-state index contributed by atoms with van der Waals surface area (Å²) in [5.41, 5.74) is 2.69. The fourth-order valence-electron chi connectivity index (χ4n) is 2.91. The first-order valence-electron chi connectivity index (χ1n) is 6.93. The van der Waals surface area contributed by atoms with Gasteiger partial charge in [-0.1, -0.05) is 6.07 Å². The zero-order chi connectivity index (χ0) is 12.4. The van der Waals surface area contributed by atoms with Crippen molar-refractivity contribution in [3.63, 3.8) is 0 Å². The molecule has 0 bridgehead atoms. The van der Waals surface area contributed by atoms with Crippen molar-refractivity contribution in [1.29, 1.82) is 0 Å². The zero-order valence-electron chi connectivity index (χ0n) is 11.0. The van der Waals surface area contributed by atoms with Gasteiger partial charge < -0.3 is 14.8 Å². The summed E-state index contributed by atoms with van der Waals surface area (Å²) < 4.78 is 11.4. The maximum atomic E-state index is 5.75. The number of rotatable bonds is 2. The van der Waals surface area contributed by atoms with E-state index in [0.29, 0.717) is 13.2 Å². The highest BCUT2D eigenvalue weighted by atomic mass is 16.6. The minimum absolute atomic E-state index is 0.667. The highest BCUT2D eigenvalue weighted by molar-refractivity contribution is 5.50. The van der Waals surface area contributed by atoms with Crippen molar-refractivity contribution in [3.8, 4) is 11.5 Å². The van der Waals surface area contributed by atoms with Gasteiger partial charge >= 0.3 is 0 Å². The SMILES string of the molecule is Cc1c(CC2CCNCC2)ccc2c1OCCO2. The average molecular weight is 247 g/mol. The van der Waals surface area contributed by atoms with Gasteiger partial charge in [-0.2, -0.15) is 0 Å². The second kappa shape index (κ2) is 5.19. The number of nitrogens with one attached hydrogen (secondary N) is 1. The topological polar surface area (TPSA) is 30.5 Å². The van der Waals surface area contributed by atoms with Gasteiger partial charge in [0.1, 0.15) is 13.2 Å². The van der Waals surface area contributed by atoms with Crippen molar-refractivity contribution in [2.45, 2.75) is 26.2 Å². The molecular weight excluding hydrogens is 226 g/mol. The number of ether oxygens (including phenoxy) is 2. The summed E-state index contributed by atoms with van der Waals surface area (Å²) in [7, 11) is 0. The van der Waals surface area contributed by atoms with E-state index in [1.807, 2.05) is 0 Å². The van der Waals surface area contributed by atoms with E-state index in [2.05, 4.69) is 24.4 Å². The molecule has 1 fully saturated rings. The van der Waals surface area contributed by atoms with Gasteiger partial charge in [-0.05, 0) is 62.4 Å². The zero-order valence-corrected chi connectivity index (χ0v) is 11.0. The molecule has 0 spiro atoms. The molecule has 0 aromatic heterocycles. The van der Waals surface area contributed by atoms with Crippen molar-refractivity contribution in [1.82, 2.24) is 5.32 Å². The van der Waals surface area contributed by atoms with Crippen LogP contribution in [0.5, 0.6) is 11.5 Å². The van der Waals surface area contributed by atoms with Gasteiger partial charge in [0.15, 0.2) is 11.5 Å². The van der Waals surface area contributed by atoms with Crippen molar-refractivity contribution in [2.75, 3.05) is 26.3 Å². The summed E-state index contributed by atoms with van der Waals surface area (Å²) in [4.78, 5) is 0. The fraction of sp³-hybridized carbons (Fsp3) is 0.600. The van der Waals surface area contributed by atoms with Crippen LogP contribution in [0.3, 0.4) is 0 Å². The standard InChI is InChI=1S/C15H21NO2/c1-11-13(10-12-4-6-16-7-5-12)2-3-14-15(11)18-9-8-17-14/h2-3,12,16H,4-10H2,1H3. The number of hydrogen-bond donors (Lipinski definition) is 1. The van der Waals surface area contributed by atoms with Crippen LogP contribution in [-0.4, -0.2) is 26.3 Å². The maximum Gasteiger partial charge on any atom is 0.164 e. The lowest BCUT2D eigenvalue weighted by atomic mass is 9.89. The van der Waals surface area contributed by atoms with Crippen LogP contribution in [0.1, 0.15) is 24.0 Å². The van der Waals surface area contributed by atoms with Crippen LogP contribution < -0.4 is 14.8 Å². The van der Waals surface area contributed by atoms with E-state index in [4.69, 9.17) is 9.47 Å². The molecule has 1 saturated heterocycles. The predicted molar refractivity (Wildman–Crippen MR) is 71.5 cm³/mol. The van der Waals surface area contributed by atoms with E-state index in [1.165, 1.54) is 30.4 Å². The second-order valence-electron chi connectivity index (χ2n) is 5.27. The van der Waals surface area contributed by atoms with E-state index in [9.17, 15) is 0 Å². The van der Waals surface area contributed by atoms with Crippen LogP contribution in [-0.2, 0) is 6.42 Å². The lowest BCUT2D eigenvalue weighted by Gasteiger charge is -2.25. The first kappa shape index (κ1) is 11.8. The Morgan fingerprint density at radius 3 is 2.78 bits per heavy atom. The number of hydrogen-bond acceptors (Lipinski definition) is 3. The molecule has 0 unspecified atom stereocenters. The van der Waals surface area contributed by atoms with Gasteiger partial charge in [-0.3, -0.25) is 0 Å². The Kier molecular flexibility index (Phi) is 3.41. The molecule has 2 heterocycles. The molecule has 3 nitrogen and oxygen atoms in total. The largest absolute Gasteiger partial charge is 0.486 e. The van der Waals surface area contributed by atoms with E-state index < -0.39 is 0 Å².